The standard InChI is InChI=1S/C26H34N2O4/c1-19(25(30)27-26(2,3)4)28(15-14-20-8-6-5-7-9-20)24(29)13-11-21-10-12-22-23(18-21)32-17-16-31-22/h5-10,12,18-19H,11,13-17H2,1-4H3,(H,27,30)/t19-/m1/s1. The summed E-state index contributed by atoms with van der Waals surface area (Å²) in [5.41, 5.74) is 1.79. The monoisotopic (exact) mass is 438 g/mol. The molecule has 172 valence electrons. The first-order chi connectivity index (χ1) is 15.2. The molecule has 0 fully saturated rings. The number of fused-ring (bicyclic) bond motifs is 1. The summed E-state index contributed by atoms with van der Waals surface area (Å²) in [7, 11) is 0. The molecule has 1 N–H and O–H groups in total. The van der Waals surface area contributed by atoms with Crippen molar-refractivity contribution in [1.82, 2.24) is 10.2 Å². The van der Waals surface area contributed by atoms with Crippen molar-refractivity contribution < 1.29 is 19.1 Å². The fourth-order valence-corrected chi connectivity index (χ4v) is 3.68. The molecule has 6 heteroatoms. The highest BCUT2D eigenvalue weighted by atomic mass is 16.6. The molecular weight excluding hydrogens is 404 g/mol. The van der Waals surface area contributed by atoms with E-state index in [2.05, 4.69) is 5.32 Å². The molecule has 1 atom stereocenters. The predicted octanol–water partition coefficient (Wildman–Crippen LogP) is 3.76. The number of hydrogen-bond donors (Lipinski definition) is 1. The summed E-state index contributed by atoms with van der Waals surface area (Å²) in [5.74, 6) is 1.29. The van der Waals surface area contributed by atoms with Gasteiger partial charge in [-0.05, 0) is 63.8 Å². The molecule has 0 spiro atoms. The number of carbonyl (C=O) groups is 2. The topological polar surface area (TPSA) is 67.9 Å². The number of nitrogens with one attached hydrogen (secondary N) is 1. The van der Waals surface area contributed by atoms with Crippen LogP contribution in [0.5, 0.6) is 11.5 Å². The van der Waals surface area contributed by atoms with E-state index in [4.69, 9.17) is 9.47 Å². The molecule has 2 aromatic carbocycles. The van der Waals surface area contributed by atoms with Gasteiger partial charge in [0.05, 0.1) is 0 Å². The first-order valence-electron chi connectivity index (χ1n) is 11.3. The quantitative estimate of drug-likeness (QED) is 0.681. The average molecular weight is 439 g/mol. The lowest BCUT2D eigenvalue weighted by Crippen LogP contribution is -2.53. The van der Waals surface area contributed by atoms with Crippen molar-refractivity contribution >= 4 is 11.8 Å². The van der Waals surface area contributed by atoms with Crippen molar-refractivity contribution in [2.75, 3.05) is 19.8 Å². The highest BCUT2D eigenvalue weighted by Crippen LogP contribution is 2.31. The summed E-state index contributed by atoms with van der Waals surface area (Å²) in [6.45, 7) is 9.19. The maximum atomic E-state index is 13.2. The van der Waals surface area contributed by atoms with Crippen LogP contribution in [0.1, 0.15) is 45.2 Å². The number of amides is 2. The SMILES string of the molecule is C[C@H](C(=O)NC(C)(C)C)N(CCc1ccccc1)C(=O)CCc1ccc2c(c1)OCCO2. The van der Waals surface area contributed by atoms with Crippen LogP contribution >= 0.6 is 0 Å². The fourth-order valence-electron chi connectivity index (χ4n) is 3.68. The van der Waals surface area contributed by atoms with E-state index in [1.807, 2.05) is 69.3 Å². The van der Waals surface area contributed by atoms with Crippen LogP contribution in [0.25, 0.3) is 0 Å². The molecule has 1 aliphatic rings. The molecule has 0 saturated heterocycles. The third-order valence-corrected chi connectivity index (χ3v) is 5.38. The Morgan fingerprint density at radius 3 is 2.34 bits per heavy atom. The minimum absolute atomic E-state index is 0.0348. The number of aryl methyl sites for hydroxylation is 1. The van der Waals surface area contributed by atoms with E-state index in [9.17, 15) is 9.59 Å². The Morgan fingerprint density at radius 2 is 1.66 bits per heavy atom. The first-order valence-corrected chi connectivity index (χ1v) is 11.3. The maximum absolute atomic E-state index is 13.2. The molecule has 0 bridgehead atoms. The van der Waals surface area contributed by atoms with E-state index in [1.165, 1.54) is 0 Å². The second kappa shape index (κ2) is 10.5. The minimum Gasteiger partial charge on any atom is -0.486 e. The van der Waals surface area contributed by atoms with Crippen LogP contribution in [0.3, 0.4) is 0 Å². The van der Waals surface area contributed by atoms with Gasteiger partial charge in [-0.25, -0.2) is 0 Å². The van der Waals surface area contributed by atoms with Gasteiger partial charge in [0.2, 0.25) is 11.8 Å². The van der Waals surface area contributed by atoms with Crippen molar-refractivity contribution in [1.29, 1.82) is 0 Å². The number of hydrogen-bond acceptors (Lipinski definition) is 4. The zero-order valence-electron chi connectivity index (χ0n) is 19.5. The zero-order chi connectivity index (χ0) is 23.1. The molecule has 2 amide bonds. The first kappa shape index (κ1) is 23.6. The van der Waals surface area contributed by atoms with Gasteiger partial charge >= 0.3 is 0 Å². The minimum atomic E-state index is -0.550. The van der Waals surface area contributed by atoms with E-state index < -0.39 is 6.04 Å². The van der Waals surface area contributed by atoms with E-state index >= 15 is 0 Å². The second-order valence-corrected chi connectivity index (χ2v) is 9.22. The van der Waals surface area contributed by atoms with Crippen molar-refractivity contribution in [3.8, 4) is 11.5 Å². The van der Waals surface area contributed by atoms with Crippen molar-refractivity contribution in [2.45, 2.75) is 58.5 Å². The summed E-state index contributed by atoms with van der Waals surface area (Å²) < 4.78 is 11.2. The smallest absolute Gasteiger partial charge is 0.242 e. The lowest BCUT2D eigenvalue weighted by molar-refractivity contribution is -0.140. The van der Waals surface area contributed by atoms with Crippen LogP contribution in [0.15, 0.2) is 48.5 Å². The molecule has 32 heavy (non-hydrogen) atoms. The van der Waals surface area contributed by atoms with Gasteiger partial charge in [-0.1, -0.05) is 36.4 Å². The van der Waals surface area contributed by atoms with Gasteiger partial charge in [0.25, 0.3) is 0 Å². The lowest BCUT2D eigenvalue weighted by Gasteiger charge is -2.31. The highest BCUT2D eigenvalue weighted by molar-refractivity contribution is 5.87. The van der Waals surface area contributed by atoms with Crippen LogP contribution in [0.2, 0.25) is 0 Å². The van der Waals surface area contributed by atoms with Gasteiger partial charge in [-0.3, -0.25) is 9.59 Å². The molecule has 1 heterocycles. The largest absolute Gasteiger partial charge is 0.486 e. The van der Waals surface area contributed by atoms with Gasteiger partial charge in [-0.15, -0.1) is 0 Å². The van der Waals surface area contributed by atoms with Crippen molar-refractivity contribution in [3.05, 3.63) is 59.7 Å². The van der Waals surface area contributed by atoms with Gasteiger partial charge in [0, 0.05) is 18.5 Å². The number of carbonyl (C=O) groups excluding carboxylic acids is 2. The molecule has 6 nitrogen and oxygen atoms in total. The van der Waals surface area contributed by atoms with Crippen LogP contribution < -0.4 is 14.8 Å². The normalized spacial score (nSPS) is 13.9. The lowest BCUT2D eigenvalue weighted by atomic mass is 10.1. The summed E-state index contributed by atoms with van der Waals surface area (Å²) in [6.07, 6.45) is 1.59. The van der Waals surface area contributed by atoms with E-state index in [-0.39, 0.29) is 17.4 Å². The molecular formula is C26H34N2O4. The summed E-state index contributed by atoms with van der Waals surface area (Å²) >= 11 is 0. The average Bonchev–Trinajstić information content (AvgIpc) is 2.77. The van der Waals surface area contributed by atoms with Crippen LogP contribution in [-0.2, 0) is 22.4 Å². The molecule has 2 aromatic rings. The number of benzene rings is 2. The van der Waals surface area contributed by atoms with E-state index in [0.29, 0.717) is 39.0 Å². The fraction of sp³-hybridized carbons (Fsp3) is 0.462. The summed E-state index contributed by atoms with van der Waals surface area (Å²) in [6, 6.07) is 15.3. The molecule has 0 aliphatic carbocycles. The number of nitrogens with zero attached hydrogens (tertiary/aromatic N) is 1. The Morgan fingerprint density at radius 1 is 0.969 bits per heavy atom. The third kappa shape index (κ3) is 6.74. The molecule has 0 radical (unpaired) electrons. The molecule has 3 rings (SSSR count). The second-order valence-electron chi connectivity index (χ2n) is 9.22. The zero-order valence-corrected chi connectivity index (χ0v) is 19.5. The summed E-state index contributed by atoms with van der Waals surface area (Å²) in [5, 5.41) is 3.00. The molecule has 1 aliphatic heterocycles. The highest BCUT2D eigenvalue weighted by Gasteiger charge is 2.28. The molecule has 0 unspecified atom stereocenters. The van der Waals surface area contributed by atoms with Gasteiger partial charge in [0.15, 0.2) is 11.5 Å². The Labute approximate surface area is 190 Å². The maximum Gasteiger partial charge on any atom is 0.242 e. The van der Waals surface area contributed by atoms with Crippen molar-refractivity contribution in [3.63, 3.8) is 0 Å². The number of ether oxygens (including phenoxy) is 2. The van der Waals surface area contributed by atoms with Crippen LogP contribution in [0.4, 0.5) is 0 Å². The Bertz CT molecular complexity index is 921. The van der Waals surface area contributed by atoms with Gasteiger partial charge in [-0.2, -0.15) is 0 Å². The van der Waals surface area contributed by atoms with Crippen molar-refractivity contribution in [2.24, 2.45) is 0 Å². The number of rotatable bonds is 8. The van der Waals surface area contributed by atoms with Gasteiger partial charge < -0.3 is 19.7 Å². The Balaban J connectivity index is 1.68. The van der Waals surface area contributed by atoms with Gasteiger partial charge in [0.1, 0.15) is 19.3 Å². The molecule has 0 aromatic heterocycles. The summed E-state index contributed by atoms with van der Waals surface area (Å²) in [4.78, 5) is 27.7. The Hall–Kier alpha value is -3.02. The van der Waals surface area contributed by atoms with Crippen LogP contribution in [-0.4, -0.2) is 48.1 Å². The molecule has 0 saturated carbocycles. The predicted molar refractivity (Wildman–Crippen MR) is 125 cm³/mol. The van der Waals surface area contributed by atoms with Crippen LogP contribution in [0, 0.1) is 0 Å². The van der Waals surface area contributed by atoms with E-state index in [0.717, 1.165) is 22.6 Å². The van der Waals surface area contributed by atoms with E-state index in [1.54, 1.807) is 11.8 Å². The third-order valence-electron chi connectivity index (χ3n) is 5.38. The Kier molecular flexibility index (Phi) is 7.78.